The van der Waals surface area contributed by atoms with Crippen molar-refractivity contribution in [3.8, 4) is 6.07 Å². The van der Waals surface area contributed by atoms with Crippen LogP contribution in [-0.4, -0.2) is 12.6 Å². The van der Waals surface area contributed by atoms with Crippen molar-refractivity contribution in [2.24, 2.45) is 0 Å². The zero-order valence-electron chi connectivity index (χ0n) is 5.02. The van der Waals surface area contributed by atoms with Crippen molar-refractivity contribution in [1.82, 2.24) is 0 Å². The number of nitriles is 1. The Hall–Kier alpha value is -0.550. The summed E-state index contributed by atoms with van der Waals surface area (Å²) < 4.78 is 0. The minimum atomic E-state index is -0.264. The van der Waals surface area contributed by atoms with E-state index in [0.29, 0.717) is 0 Å². The molecule has 1 aliphatic rings. The van der Waals surface area contributed by atoms with Gasteiger partial charge in [-0.1, -0.05) is 19.3 Å². The molecule has 0 unspecified atom stereocenters. The van der Waals surface area contributed by atoms with Gasteiger partial charge in [-0.25, -0.2) is 0 Å². The molecular formula is C6H9N2-. The average Bonchev–Trinajstić information content (AvgIpc) is 1.67. The van der Waals surface area contributed by atoms with Crippen LogP contribution in [0.2, 0.25) is 0 Å². The van der Waals surface area contributed by atoms with E-state index in [0.717, 1.165) is 12.8 Å². The van der Waals surface area contributed by atoms with E-state index in [4.69, 9.17) is 5.26 Å². The van der Waals surface area contributed by atoms with Crippen LogP contribution < -0.4 is 0 Å². The third kappa shape index (κ3) is 0.597. The Morgan fingerprint density at radius 3 is 2.25 bits per heavy atom. The molecule has 0 amide bonds. The van der Waals surface area contributed by atoms with Gasteiger partial charge in [0.25, 0.3) is 0 Å². The lowest BCUT2D eigenvalue weighted by Crippen LogP contribution is -2.33. The van der Waals surface area contributed by atoms with Gasteiger partial charge >= 0.3 is 0 Å². The fourth-order valence-electron chi connectivity index (χ4n) is 0.897. The highest BCUT2D eigenvalue weighted by atomic mass is 15.0. The summed E-state index contributed by atoms with van der Waals surface area (Å²) in [4.78, 5) is 0. The van der Waals surface area contributed by atoms with E-state index in [1.165, 1.54) is 6.42 Å². The van der Waals surface area contributed by atoms with E-state index in [-0.39, 0.29) is 5.54 Å². The summed E-state index contributed by atoms with van der Waals surface area (Å²) in [5, 5.41) is 12.5. The Morgan fingerprint density at radius 1 is 1.62 bits per heavy atom. The van der Waals surface area contributed by atoms with Gasteiger partial charge in [0.05, 0.1) is 0 Å². The molecule has 1 aliphatic carbocycles. The first-order chi connectivity index (χ1) is 3.83. The van der Waals surface area contributed by atoms with Crippen molar-refractivity contribution in [2.75, 3.05) is 7.05 Å². The van der Waals surface area contributed by atoms with Crippen molar-refractivity contribution in [3.63, 3.8) is 0 Å². The van der Waals surface area contributed by atoms with Gasteiger partial charge in [-0.15, -0.1) is 0 Å². The minimum absolute atomic E-state index is 0.264. The molecule has 1 saturated carbocycles. The van der Waals surface area contributed by atoms with Gasteiger partial charge in [-0.2, -0.15) is 12.3 Å². The molecule has 0 spiro atoms. The maximum Gasteiger partial charge on any atom is 0.0464 e. The molecular weight excluding hydrogens is 100 g/mol. The molecule has 2 heteroatoms. The largest absolute Gasteiger partial charge is 0.647 e. The molecule has 0 aromatic heterocycles. The van der Waals surface area contributed by atoms with Crippen LogP contribution in [0.25, 0.3) is 5.32 Å². The minimum Gasteiger partial charge on any atom is -0.647 e. The standard InChI is InChI=1S/C6H9N2/c1-8-6(5-7)3-2-4-6/h2-4H2,1H3/q-1. The van der Waals surface area contributed by atoms with Crippen LogP contribution in [0.5, 0.6) is 0 Å². The maximum atomic E-state index is 8.49. The van der Waals surface area contributed by atoms with E-state index < -0.39 is 0 Å². The van der Waals surface area contributed by atoms with Crippen molar-refractivity contribution >= 4 is 0 Å². The molecule has 0 heterocycles. The average molecular weight is 109 g/mol. The van der Waals surface area contributed by atoms with Gasteiger partial charge in [0, 0.05) is 6.07 Å². The summed E-state index contributed by atoms with van der Waals surface area (Å²) in [5.41, 5.74) is -0.264. The highest BCUT2D eigenvalue weighted by molar-refractivity contribution is 5.23. The molecule has 0 aromatic carbocycles. The zero-order chi connectivity index (χ0) is 6.04. The third-order valence-corrected chi connectivity index (χ3v) is 1.82. The van der Waals surface area contributed by atoms with E-state index in [1.54, 1.807) is 7.05 Å². The van der Waals surface area contributed by atoms with Crippen LogP contribution in [0.3, 0.4) is 0 Å². The van der Waals surface area contributed by atoms with Gasteiger partial charge in [0.15, 0.2) is 0 Å². The molecule has 0 radical (unpaired) electrons. The highest BCUT2D eigenvalue weighted by Gasteiger charge is 2.25. The second-order valence-corrected chi connectivity index (χ2v) is 2.22. The van der Waals surface area contributed by atoms with E-state index in [9.17, 15) is 0 Å². The Balaban J connectivity index is 2.49. The first-order valence-corrected chi connectivity index (χ1v) is 2.85. The summed E-state index contributed by atoms with van der Waals surface area (Å²) >= 11 is 0. The van der Waals surface area contributed by atoms with Gasteiger partial charge < -0.3 is 5.32 Å². The molecule has 1 fully saturated rings. The predicted octanol–water partition coefficient (Wildman–Crippen LogP) is 1.44. The van der Waals surface area contributed by atoms with E-state index >= 15 is 0 Å². The van der Waals surface area contributed by atoms with Crippen LogP contribution in [0.4, 0.5) is 0 Å². The molecule has 0 atom stereocenters. The molecule has 0 saturated heterocycles. The third-order valence-electron chi connectivity index (χ3n) is 1.82. The van der Waals surface area contributed by atoms with Crippen molar-refractivity contribution in [3.05, 3.63) is 5.32 Å². The van der Waals surface area contributed by atoms with Gasteiger partial charge in [-0.3, -0.25) is 0 Å². The predicted molar refractivity (Wildman–Crippen MR) is 31.5 cm³/mol. The van der Waals surface area contributed by atoms with Gasteiger partial charge in [0.1, 0.15) is 0 Å². The summed E-state index contributed by atoms with van der Waals surface area (Å²) in [5.74, 6) is 0. The monoisotopic (exact) mass is 109 g/mol. The lowest BCUT2D eigenvalue weighted by atomic mass is 9.78. The Morgan fingerprint density at radius 2 is 2.25 bits per heavy atom. The molecule has 44 valence electrons. The van der Waals surface area contributed by atoms with Crippen LogP contribution in [0, 0.1) is 11.3 Å². The van der Waals surface area contributed by atoms with Crippen molar-refractivity contribution in [2.45, 2.75) is 24.8 Å². The second-order valence-electron chi connectivity index (χ2n) is 2.22. The SMILES string of the molecule is C[N-]C1(C#N)CCC1. The molecule has 0 N–H and O–H groups in total. The fourth-order valence-corrected chi connectivity index (χ4v) is 0.897. The quantitative estimate of drug-likeness (QED) is 0.502. The number of nitrogens with zero attached hydrogens (tertiary/aromatic N) is 2. The fraction of sp³-hybridized carbons (Fsp3) is 0.833. The summed E-state index contributed by atoms with van der Waals surface area (Å²) in [6, 6.07) is 2.20. The molecule has 2 nitrogen and oxygen atoms in total. The van der Waals surface area contributed by atoms with E-state index in [1.807, 2.05) is 0 Å². The number of hydrogen-bond donors (Lipinski definition) is 0. The summed E-state index contributed by atoms with van der Waals surface area (Å²) in [6.45, 7) is 0. The smallest absolute Gasteiger partial charge is 0.0464 e. The Kier molecular flexibility index (Phi) is 1.22. The van der Waals surface area contributed by atoms with Gasteiger partial charge in [0.2, 0.25) is 0 Å². The molecule has 0 aliphatic heterocycles. The van der Waals surface area contributed by atoms with Crippen LogP contribution in [0.15, 0.2) is 0 Å². The first-order valence-electron chi connectivity index (χ1n) is 2.85. The van der Waals surface area contributed by atoms with Crippen LogP contribution in [0.1, 0.15) is 19.3 Å². The molecule has 0 bridgehead atoms. The lowest BCUT2D eigenvalue weighted by molar-refractivity contribution is 0.369. The topological polar surface area (TPSA) is 37.9 Å². The first kappa shape index (κ1) is 5.58. The summed E-state index contributed by atoms with van der Waals surface area (Å²) in [7, 11) is 1.72. The van der Waals surface area contributed by atoms with Crippen molar-refractivity contribution in [1.29, 1.82) is 5.26 Å². The molecule has 8 heavy (non-hydrogen) atoms. The van der Waals surface area contributed by atoms with E-state index in [2.05, 4.69) is 11.4 Å². The maximum absolute atomic E-state index is 8.49. The number of rotatable bonds is 1. The highest BCUT2D eigenvalue weighted by Crippen LogP contribution is 2.36. The van der Waals surface area contributed by atoms with Crippen LogP contribution >= 0.6 is 0 Å². The molecule has 1 rings (SSSR count). The van der Waals surface area contributed by atoms with Crippen LogP contribution in [-0.2, 0) is 0 Å². The van der Waals surface area contributed by atoms with Crippen molar-refractivity contribution < 1.29 is 0 Å². The molecule has 0 aromatic rings. The Labute approximate surface area is 49.5 Å². The second kappa shape index (κ2) is 1.75. The lowest BCUT2D eigenvalue weighted by Gasteiger charge is -2.46. The number of hydrogen-bond acceptors (Lipinski definition) is 1. The summed E-state index contributed by atoms with van der Waals surface area (Å²) in [6.07, 6.45) is 3.12. The zero-order valence-corrected chi connectivity index (χ0v) is 5.02. The normalized spacial score (nSPS) is 23.5. The van der Waals surface area contributed by atoms with Gasteiger partial charge in [-0.05, 0) is 5.54 Å². The Bertz CT molecular complexity index is 113.